The van der Waals surface area contributed by atoms with Crippen molar-refractivity contribution in [2.24, 2.45) is 5.92 Å². The van der Waals surface area contributed by atoms with E-state index in [0.717, 1.165) is 16.1 Å². The molecule has 0 aromatic heterocycles. The maximum absolute atomic E-state index is 6.05. The van der Waals surface area contributed by atoms with Crippen LogP contribution in [0.15, 0.2) is 22.7 Å². The fourth-order valence-electron chi connectivity index (χ4n) is 2.63. The summed E-state index contributed by atoms with van der Waals surface area (Å²) in [6, 6.07) is 6.29. The van der Waals surface area contributed by atoms with Gasteiger partial charge in [-0.25, -0.2) is 0 Å². The Bertz CT molecular complexity index is 341. The number of hydrogen-bond acceptors (Lipinski definition) is 1. The van der Waals surface area contributed by atoms with Gasteiger partial charge in [-0.3, -0.25) is 0 Å². The summed E-state index contributed by atoms with van der Waals surface area (Å²) in [5.41, 5.74) is 8.32. The molecule has 2 heteroatoms. The van der Waals surface area contributed by atoms with E-state index in [-0.39, 0.29) is 0 Å². The molecule has 0 saturated heterocycles. The first kappa shape index (κ1) is 12.0. The first-order valence-electron chi connectivity index (χ1n) is 6.29. The van der Waals surface area contributed by atoms with E-state index < -0.39 is 0 Å². The smallest absolute Gasteiger partial charge is 0.0357 e. The molecule has 1 nitrogen and oxygen atoms in total. The highest BCUT2D eigenvalue weighted by molar-refractivity contribution is 9.10. The lowest BCUT2D eigenvalue weighted by Gasteiger charge is -2.15. The molecular formula is C14H20BrN. The van der Waals surface area contributed by atoms with Crippen LogP contribution in [0.25, 0.3) is 0 Å². The van der Waals surface area contributed by atoms with Crippen LogP contribution in [0.2, 0.25) is 0 Å². The van der Waals surface area contributed by atoms with Crippen molar-refractivity contribution in [2.75, 3.05) is 5.73 Å². The molecule has 0 atom stereocenters. The molecule has 1 aromatic rings. The third-order valence-electron chi connectivity index (χ3n) is 3.59. The number of nitrogen functional groups attached to an aromatic ring is 1. The molecule has 1 aliphatic rings. The Morgan fingerprint density at radius 1 is 1.12 bits per heavy atom. The SMILES string of the molecule is Nc1cc(Br)ccc1CC1CCCCCC1. The second-order valence-corrected chi connectivity index (χ2v) is 5.82. The highest BCUT2D eigenvalue weighted by Crippen LogP contribution is 2.28. The second-order valence-electron chi connectivity index (χ2n) is 4.90. The van der Waals surface area contributed by atoms with E-state index in [1.54, 1.807) is 0 Å². The van der Waals surface area contributed by atoms with Crippen molar-refractivity contribution in [1.82, 2.24) is 0 Å². The first-order chi connectivity index (χ1) is 7.75. The summed E-state index contributed by atoms with van der Waals surface area (Å²) in [5, 5.41) is 0. The normalized spacial score (nSPS) is 18.3. The number of nitrogens with two attached hydrogens (primary N) is 1. The second kappa shape index (κ2) is 5.72. The Labute approximate surface area is 107 Å². The van der Waals surface area contributed by atoms with Crippen molar-refractivity contribution in [3.63, 3.8) is 0 Å². The average molecular weight is 282 g/mol. The molecule has 2 N–H and O–H groups in total. The molecule has 0 heterocycles. The molecule has 16 heavy (non-hydrogen) atoms. The summed E-state index contributed by atoms with van der Waals surface area (Å²) < 4.78 is 1.08. The van der Waals surface area contributed by atoms with Crippen LogP contribution in [-0.4, -0.2) is 0 Å². The lowest BCUT2D eigenvalue weighted by atomic mass is 9.92. The van der Waals surface area contributed by atoms with Crippen LogP contribution in [-0.2, 0) is 6.42 Å². The molecule has 1 fully saturated rings. The van der Waals surface area contributed by atoms with Gasteiger partial charge in [0, 0.05) is 10.2 Å². The molecule has 0 bridgehead atoms. The van der Waals surface area contributed by atoms with Gasteiger partial charge in [-0.2, -0.15) is 0 Å². The molecule has 0 spiro atoms. The predicted octanol–water partition coefficient (Wildman–Crippen LogP) is 4.54. The van der Waals surface area contributed by atoms with Gasteiger partial charge in [-0.1, -0.05) is 60.5 Å². The van der Waals surface area contributed by atoms with E-state index in [2.05, 4.69) is 28.1 Å². The molecule has 0 aliphatic heterocycles. The van der Waals surface area contributed by atoms with Crippen LogP contribution >= 0.6 is 15.9 Å². The zero-order chi connectivity index (χ0) is 11.4. The predicted molar refractivity (Wildman–Crippen MR) is 73.5 cm³/mol. The van der Waals surface area contributed by atoms with Crippen molar-refractivity contribution < 1.29 is 0 Å². The molecule has 1 aliphatic carbocycles. The van der Waals surface area contributed by atoms with Gasteiger partial charge < -0.3 is 5.73 Å². The van der Waals surface area contributed by atoms with Crippen molar-refractivity contribution in [2.45, 2.75) is 44.9 Å². The van der Waals surface area contributed by atoms with Gasteiger partial charge >= 0.3 is 0 Å². The quantitative estimate of drug-likeness (QED) is 0.625. The van der Waals surface area contributed by atoms with Crippen molar-refractivity contribution in [3.8, 4) is 0 Å². The molecule has 1 saturated carbocycles. The average Bonchev–Trinajstić information content (AvgIpc) is 2.51. The molecule has 0 radical (unpaired) electrons. The van der Waals surface area contributed by atoms with Crippen LogP contribution in [0.4, 0.5) is 5.69 Å². The van der Waals surface area contributed by atoms with Crippen LogP contribution < -0.4 is 5.73 Å². The highest BCUT2D eigenvalue weighted by Gasteiger charge is 2.14. The number of anilines is 1. The molecular weight excluding hydrogens is 262 g/mol. The summed E-state index contributed by atoms with van der Waals surface area (Å²) in [5.74, 6) is 0.853. The van der Waals surface area contributed by atoms with Gasteiger partial charge in [0.25, 0.3) is 0 Å². The molecule has 0 unspecified atom stereocenters. The largest absolute Gasteiger partial charge is 0.398 e. The Morgan fingerprint density at radius 2 is 1.81 bits per heavy atom. The van der Waals surface area contributed by atoms with E-state index >= 15 is 0 Å². The van der Waals surface area contributed by atoms with Crippen LogP contribution in [0, 0.1) is 5.92 Å². The zero-order valence-corrected chi connectivity index (χ0v) is 11.3. The molecule has 0 amide bonds. The van der Waals surface area contributed by atoms with Gasteiger partial charge in [-0.05, 0) is 30.0 Å². The van der Waals surface area contributed by atoms with Crippen LogP contribution in [0.1, 0.15) is 44.1 Å². The maximum atomic E-state index is 6.05. The van der Waals surface area contributed by atoms with E-state index in [9.17, 15) is 0 Å². The summed E-state index contributed by atoms with van der Waals surface area (Å²) >= 11 is 3.45. The van der Waals surface area contributed by atoms with Gasteiger partial charge in [0.2, 0.25) is 0 Å². The number of rotatable bonds is 2. The van der Waals surface area contributed by atoms with Crippen LogP contribution in [0.3, 0.4) is 0 Å². The lowest BCUT2D eigenvalue weighted by molar-refractivity contribution is 0.458. The van der Waals surface area contributed by atoms with Gasteiger partial charge in [0.1, 0.15) is 0 Å². The molecule has 2 rings (SSSR count). The minimum absolute atomic E-state index is 0.853. The van der Waals surface area contributed by atoms with E-state index in [0.29, 0.717) is 0 Å². The fourth-order valence-corrected chi connectivity index (χ4v) is 3.01. The van der Waals surface area contributed by atoms with Crippen molar-refractivity contribution in [3.05, 3.63) is 28.2 Å². The van der Waals surface area contributed by atoms with Gasteiger partial charge in [-0.15, -0.1) is 0 Å². The van der Waals surface area contributed by atoms with E-state index in [4.69, 9.17) is 5.73 Å². The Morgan fingerprint density at radius 3 is 2.44 bits per heavy atom. The fraction of sp³-hybridized carbons (Fsp3) is 0.571. The third-order valence-corrected chi connectivity index (χ3v) is 4.08. The lowest BCUT2D eigenvalue weighted by Crippen LogP contribution is -2.05. The zero-order valence-electron chi connectivity index (χ0n) is 9.71. The Kier molecular flexibility index (Phi) is 4.28. The minimum atomic E-state index is 0.853. The standard InChI is InChI=1S/C14H20BrN/c15-13-8-7-12(14(16)10-13)9-11-5-3-1-2-4-6-11/h7-8,10-11H,1-6,9,16H2. The molecule has 1 aromatic carbocycles. The van der Waals surface area contributed by atoms with E-state index in [1.165, 1.54) is 50.5 Å². The Hall–Kier alpha value is -0.500. The topological polar surface area (TPSA) is 26.0 Å². The van der Waals surface area contributed by atoms with Crippen molar-refractivity contribution in [1.29, 1.82) is 0 Å². The summed E-state index contributed by atoms with van der Waals surface area (Å²) in [6.07, 6.45) is 9.59. The Balaban J connectivity index is 2.01. The van der Waals surface area contributed by atoms with E-state index in [1.807, 2.05) is 6.07 Å². The third kappa shape index (κ3) is 3.24. The summed E-state index contributed by atoms with van der Waals surface area (Å²) in [6.45, 7) is 0. The van der Waals surface area contributed by atoms with Crippen molar-refractivity contribution >= 4 is 21.6 Å². The van der Waals surface area contributed by atoms with Crippen LogP contribution in [0.5, 0.6) is 0 Å². The maximum Gasteiger partial charge on any atom is 0.0357 e. The monoisotopic (exact) mass is 281 g/mol. The number of benzene rings is 1. The number of hydrogen-bond donors (Lipinski definition) is 1. The summed E-state index contributed by atoms with van der Waals surface area (Å²) in [7, 11) is 0. The summed E-state index contributed by atoms with van der Waals surface area (Å²) in [4.78, 5) is 0. The van der Waals surface area contributed by atoms with Gasteiger partial charge in [0.05, 0.1) is 0 Å². The minimum Gasteiger partial charge on any atom is -0.398 e. The van der Waals surface area contributed by atoms with Gasteiger partial charge in [0.15, 0.2) is 0 Å². The highest BCUT2D eigenvalue weighted by atomic mass is 79.9. The molecule has 88 valence electrons. The number of halogens is 1. The first-order valence-corrected chi connectivity index (χ1v) is 7.09.